The summed E-state index contributed by atoms with van der Waals surface area (Å²) in [6.45, 7) is 1.45. The Kier molecular flexibility index (Phi) is 4.27. The molecule has 16 heavy (non-hydrogen) atoms. The zero-order valence-electron chi connectivity index (χ0n) is 9.07. The van der Waals surface area contributed by atoms with Gasteiger partial charge in [-0.25, -0.2) is 0 Å². The summed E-state index contributed by atoms with van der Waals surface area (Å²) in [6, 6.07) is 7.33. The number of anilines is 1. The Morgan fingerprint density at radius 1 is 1.38 bits per heavy atom. The number of para-hydroxylation sites is 1. The third kappa shape index (κ3) is 3.96. The summed E-state index contributed by atoms with van der Waals surface area (Å²) in [6.07, 6.45) is 3.62. The molecule has 84 valence electrons. The molecule has 1 rings (SSSR count). The van der Waals surface area contributed by atoms with Crippen LogP contribution in [0.4, 0.5) is 5.69 Å². The molecule has 0 aliphatic heterocycles. The molecule has 0 aliphatic carbocycles. The zero-order chi connectivity index (χ0) is 12.0. The predicted molar refractivity (Wildman–Crippen MR) is 63.6 cm³/mol. The molecule has 0 saturated heterocycles. The number of carbonyl (C=O) groups excluding carboxylic acids is 2. The van der Waals surface area contributed by atoms with Gasteiger partial charge in [-0.3, -0.25) is 9.59 Å². The van der Waals surface area contributed by atoms with Gasteiger partial charge in [-0.15, -0.1) is 0 Å². The fourth-order valence-electron chi connectivity index (χ4n) is 1.25. The number of nitrogens with one attached hydrogen (secondary N) is 1. The molecular weight excluding hydrogens is 204 g/mol. The van der Waals surface area contributed by atoms with Gasteiger partial charge in [0.05, 0.1) is 0 Å². The van der Waals surface area contributed by atoms with Crippen LogP contribution < -0.4 is 11.1 Å². The molecule has 0 fully saturated rings. The second kappa shape index (κ2) is 5.70. The fourth-order valence-corrected chi connectivity index (χ4v) is 1.25. The molecule has 0 radical (unpaired) electrons. The lowest BCUT2D eigenvalue weighted by Gasteiger charge is -2.05. The maximum absolute atomic E-state index is 10.9. The van der Waals surface area contributed by atoms with Crippen LogP contribution in [0.25, 0.3) is 6.08 Å². The molecule has 1 aromatic carbocycles. The highest BCUT2D eigenvalue weighted by atomic mass is 16.1. The average molecular weight is 218 g/mol. The number of rotatable bonds is 4. The van der Waals surface area contributed by atoms with Crippen molar-refractivity contribution in [3.63, 3.8) is 0 Å². The van der Waals surface area contributed by atoms with Crippen molar-refractivity contribution < 1.29 is 9.59 Å². The van der Waals surface area contributed by atoms with Gasteiger partial charge < -0.3 is 11.1 Å². The van der Waals surface area contributed by atoms with E-state index in [4.69, 9.17) is 5.73 Å². The van der Waals surface area contributed by atoms with Crippen LogP contribution in [0.1, 0.15) is 18.9 Å². The van der Waals surface area contributed by atoms with Gasteiger partial charge in [0.15, 0.2) is 0 Å². The third-order valence-electron chi connectivity index (χ3n) is 1.89. The molecule has 2 amide bonds. The first-order valence-corrected chi connectivity index (χ1v) is 4.91. The fraction of sp³-hybridized carbons (Fsp3) is 0.167. The molecule has 4 heteroatoms. The first kappa shape index (κ1) is 12.0. The van der Waals surface area contributed by atoms with Crippen molar-refractivity contribution in [2.75, 3.05) is 5.32 Å². The van der Waals surface area contributed by atoms with Gasteiger partial charge in [0.1, 0.15) is 0 Å². The predicted octanol–water partition coefficient (Wildman–Crippen LogP) is 1.53. The topological polar surface area (TPSA) is 72.2 Å². The molecule has 0 aromatic heterocycles. The molecule has 1 aromatic rings. The van der Waals surface area contributed by atoms with Crippen molar-refractivity contribution in [1.82, 2.24) is 0 Å². The third-order valence-corrected chi connectivity index (χ3v) is 1.89. The Balaban J connectivity index is 2.82. The summed E-state index contributed by atoms with van der Waals surface area (Å²) >= 11 is 0. The molecule has 0 spiro atoms. The Bertz CT molecular complexity index is 425. The van der Waals surface area contributed by atoms with E-state index in [0.717, 1.165) is 11.3 Å². The molecule has 4 nitrogen and oxygen atoms in total. The SMILES string of the molecule is CC(=O)Nc1ccccc1C=CCC(N)=O. The van der Waals surface area contributed by atoms with Gasteiger partial charge in [-0.2, -0.15) is 0 Å². The molecule has 0 atom stereocenters. The minimum absolute atomic E-state index is 0.129. The van der Waals surface area contributed by atoms with E-state index in [1.165, 1.54) is 6.92 Å². The lowest BCUT2D eigenvalue weighted by molar-refractivity contribution is -0.117. The summed E-state index contributed by atoms with van der Waals surface area (Å²) < 4.78 is 0. The number of primary amides is 1. The summed E-state index contributed by atoms with van der Waals surface area (Å²) in [5, 5.41) is 2.71. The lowest BCUT2D eigenvalue weighted by Crippen LogP contribution is -2.08. The molecular formula is C12H14N2O2. The quantitative estimate of drug-likeness (QED) is 0.804. The highest BCUT2D eigenvalue weighted by Crippen LogP contribution is 2.16. The van der Waals surface area contributed by atoms with Gasteiger partial charge in [-0.1, -0.05) is 30.4 Å². The minimum atomic E-state index is -0.381. The smallest absolute Gasteiger partial charge is 0.221 e. The van der Waals surface area contributed by atoms with Crippen LogP contribution in [-0.2, 0) is 9.59 Å². The molecule has 0 aliphatic rings. The number of hydrogen-bond donors (Lipinski definition) is 2. The number of amides is 2. The first-order chi connectivity index (χ1) is 7.59. The van der Waals surface area contributed by atoms with E-state index in [1.54, 1.807) is 18.2 Å². The largest absolute Gasteiger partial charge is 0.369 e. The summed E-state index contributed by atoms with van der Waals surface area (Å²) in [4.78, 5) is 21.5. The van der Waals surface area contributed by atoms with Crippen LogP contribution in [0.15, 0.2) is 30.3 Å². The lowest BCUT2D eigenvalue weighted by atomic mass is 10.1. The Hall–Kier alpha value is -2.10. The Morgan fingerprint density at radius 3 is 2.69 bits per heavy atom. The summed E-state index contributed by atoms with van der Waals surface area (Å²) in [5.74, 6) is -0.510. The summed E-state index contributed by atoms with van der Waals surface area (Å²) in [5.41, 5.74) is 6.58. The van der Waals surface area contributed by atoms with Crippen LogP contribution in [0, 0.1) is 0 Å². The minimum Gasteiger partial charge on any atom is -0.369 e. The number of nitrogens with two attached hydrogens (primary N) is 1. The van der Waals surface area contributed by atoms with Crippen LogP contribution in [0.5, 0.6) is 0 Å². The highest BCUT2D eigenvalue weighted by molar-refractivity contribution is 5.91. The Labute approximate surface area is 94.1 Å². The van der Waals surface area contributed by atoms with Gasteiger partial charge in [0.25, 0.3) is 0 Å². The first-order valence-electron chi connectivity index (χ1n) is 4.91. The van der Waals surface area contributed by atoms with Crippen LogP contribution in [0.3, 0.4) is 0 Å². The van der Waals surface area contributed by atoms with Crippen molar-refractivity contribution in [3.05, 3.63) is 35.9 Å². The standard InChI is InChI=1S/C12H14N2O2/c1-9(15)14-11-7-3-2-5-10(11)6-4-8-12(13)16/h2-7H,8H2,1H3,(H2,13,16)(H,14,15). The van der Waals surface area contributed by atoms with E-state index in [9.17, 15) is 9.59 Å². The van der Waals surface area contributed by atoms with E-state index in [0.29, 0.717) is 0 Å². The van der Waals surface area contributed by atoms with Gasteiger partial charge in [-0.05, 0) is 11.6 Å². The zero-order valence-corrected chi connectivity index (χ0v) is 9.07. The van der Waals surface area contributed by atoms with Crippen molar-refractivity contribution in [3.8, 4) is 0 Å². The van der Waals surface area contributed by atoms with Crippen molar-refractivity contribution in [2.24, 2.45) is 5.73 Å². The number of benzene rings is 1. The average Bonchev–Trinajstić information content (AvgIpc) is 2.19. The normalized spacial score (nSPS) is 10.3. The van der Waals surface area contributed by atoms with Crippen molar-refractivity contribution >= 4 is 23.6 Å². The highest BCUT2D eigenvalue weighted by Gasteiger charge is 1.99. The number of hydrogen-bond acceptors (Lipinski definition) is 2. The monoisotopic (exact) mass is 218 g/mol. The second-order valence-electron chi connectivity index (χ2n) is 3.34. The molecule has 0 heterocycles. The maximum atomic E-state index is 10.9. The van der Waals surface area contributed by atoms with Gasteiger partial charge in [0, 0.05) is 19.0 Å². The van der Waals surface area contributed by atoms with Crippen molar-refractivity contribution in [1.29, 1.82) is 0 Å². The van der Waals surface area contributed by atoms with E-state index in [1.807, 2.05) is 18.2 Å². The summed E-state index contributed by atoms with van der Waals surface area (Å²) in [7, 11) is 0. The van der Waals surface area contributed by atoms with E-state index < -0.39 is 0 Å². The van der Waals surface area contributed by atoms with E-state index in [2.05, 4.69) is 5.32 Å². The van der Waals surface area contributed by atoms with E-state index in [-0.39, 0.29) is 18.2 Å². The molecule has 0 unspecified atom stereocenters. The molecule has 0 saturated carbocycles. The van der Waals surface area contributed by atoms with Crippen LogP contribution >= 0.6 is 0 Å². The molecule has 3 N–H and O–H groups in total. The Morgan fingerprint density at radius 2 is 2.06 bits per heavy atom. The van der Waals surface area contributed by atoms with Gasteiger partial charge >= 0.3 is 0 Å². The van der Waals surface area contributed by atoms with Crippen molar-refractivity contribution in [2.45, 2.75) is 13.3 Å². The van der Waals surface area contributed by atoms with E-state index >= 15 is 0 Å². The van der Waals surface area contributed by atoms with Crippen LogP contribution in [0.2, 0.25) is 0 Å². The number of carbonyl (C=O) groups is 2. The van der Waals surface area contributed by atoms with Crippen LogP contribution in [-0.4, -0.2) is 11.8 Å². The second-order valence-corrected chi connectivity index (χ2v) is 3.34. The van der Waals surface area contributed by atoms with Gasteiger partial charge in [0.2, 0.25) is 11.8 Å². The maximum Gasteiger partial charge on any atom is 0.221 e. The molecule has 0 bridgehead atoms.